The van der Waals surface area contributed by atoms with E-state index >= 15 is 0 Å². The van der Waals surface area contributed by atoms with Crippen molar-refractivity contribution in [2.45, 2.75) is 57.6 Å². The third kappa shape index (κ3) is 4.97. The number of hydrogen-bond donors (Lipinski definition) is 0. The molecule has 3 atom stereocenters. The molecule has 3 aromatic rings. The van der Waals surface area contributed by atoms with Gasteiger partial charge in [-0.15, -0.1) is 0 Å². The number of carbonyl (C=O) groups excluding carboxylic acids is 1. The van der Waals surface area contributed by atoms with Crippen molar-refractivity contribution in [2.24, 2.45) is 0 Å². The number of nitro groups is 1. The van der Waals surface area contributed by atoms with Crippen molar-refractivity contribution in [1.29, 1.82) is 0 Å². The second kappa shape index (κ2) is 10.3. The Morgan fingerprint density at radius 2 is 1.72 bits per heavy atom. The van der Waals surface area contributed by atoms with Crippen LogP contribution in [0.25, 0.3) is 0 Å². The van der Waals surface area contributed by atoms with E-state index in [4.69, 9.17) is 13.9 Å². The Morgan fingerprint density at radius 1 is 1.14 bits per heavy atom. The first kappa shape index (κ1) is 25.7. The lowest BCUT2D eigenvalue weighted by Gasteiger charge is -2.43. The summed E-state index contributed by atoms with van der Waals surface area (Å²) in [7, 11) is -2.85. The third-order valence-electron chi connectivity index (χ3n) is 6.50. The molecular formula is C26H31N3O6Si. The van der Waals surface area contributed by atoms with Crippen molar-refractivity contribution < 1.29 is 23.6 Å². The molecule has 3 unspecified atom stereocenters. The summed E-state index contributed by atoms with van der Waals surface area (Å²) in [4.78, 5) is 26.6. The predicted octanol–water partition coefficient (Wildman–Crippen LogP) is 3.59. The van der Waals surface area contributed by atoms with Gasteiger partial charge in [-0.3, -0.25) is 4.79 Å². The van der Waals surface area contributed by atoms with Gasteiger partial charge in [-0.2, -0.15) is 0 Å². The molecule has 0 amide bonds. The molecule has 1 fully saturated rings. The van der Waals surface area contributed by atoms with Crippen molar-refractivity contribution in [3.05, 3.63) is 83.2 Å². The second-order valence-electron chi connectivity index (χ2n) is 9.88. The highest BCUT2D eigenvalue weighted by molar-refractivity contribution is 6.99. The topological polar surface area (TPSA) is 106 Å². The average molecular weight is 510 g/mol. The molecule has 1 aliphatic heterocycles. The lowest BCUT2D eigenvalue weighted by atomic mass is 10.2. The van der Waals surface area contributed by atoms with E-state index in [0.29, 0.717) is 0 Å². The van der Waals surface area contributed by atoms with E-state index in [1.807, 2.05) is 36.4 Å². The van der Waals surface area contributed by atoms with Crippen LogP contribution in [0.2, 0.25) is 5.04 Å². The molecule has 9 nitrogen and oxygen atoms in total. The fourth-order valence-electron chi connectivity index (χ4n) is 5.00. The van der Waals surface area contributed by atoms with Crippen LogP contribution in [0.4, 0.5) is 5.95 Å². The SMILES string of the molecule is CC(=O)OC1CC(n2ccnc2[N+](=O)[O-])OC1CO[Si](c1ccccc1)(c1ccccc1)C(C)(C)C. The minimum absolute atomic E-state index is 0.157. The van der Waals surface area contributed by atoms with Crippen LogP contribution < -0.4 is 10.4 Å². The molecule has 36 heavy (non-hydrogen) atoms. The Labute approximate surface area is 211 Å². The number of carbonyl (C=O) groups is 1. The molecule has 1 aliphatic rings. The van der Waals surface area contributed by atoms with Crippen molar-refractivity contribution >= 4 is 30.6 Å². The second-order valence-corrected chi connectivity index (χ2v) is 14.2. The molecule has 0 radical (unpaired) electrons. The Morgan fingerprint density at radius 3 is 2.22 bits per heavy atom. The maximum Gasteiger partial charge on any atom is 0.436 e. The first-order valence-corrected chi connectivity index (χ1v) is 13.8. The normalized spacial score (nSPS) is 20.3. The fourth-order valence-corrected chi connectivity index (χ4v) is 9.57. The van der Waals surface area contributed by atoms with E-state index in [0.717, 1.165) is 10.4 Å². The van der Waals surface area contributed by atoms with Gasteiger partial charge in [0.1, 0.15) is 24.6 Å². The van der Waals surface area contributed by atoms with E-state index in [2.05, 4.69) is 50.0 Å². The molecule has 0 N–H and O–H groups in total. The van der Waals surface area contributed by atoms with E-state index < -0.39 is 37.6 Å². The zero-order valence-corrected chi connectivity index (χ0v) is 21.9. The Bertz CT molecular complexity index is 1160. The van der Waals surface area contributed by atoms with Gasteiger partial charge in [0.25, 0.3) is 8.32 Å². The van der Waals surface area contributed by atoms with Gasteiger partial charge < -0.3 is 24.0 Å². The first-order chi connectivity index (χ1) is 17.1. The Balaban J connectivity index is 1.69. The van der Waals surface area contributed by atoms with Gasteiger partial charge in [-0.1, -0.05) is 86.4 Å². The highest BCUT2D eigenvalue weighted by atomic mass is 28.4. The summed E-state index contributed by atoms with van der Waals surface area (Å²) < 4.78 is 20.1. The van der Waals surface area contributed by atoms with Gasteiger partial charge in [0.05, 0.1) is 6.61 Å². The van der Waals surface area contributed by atoms with Gasteiger partial charge in [0, 0.05) is 13.3 Å². The van der Waals surface area contributed by atoms with Crippen molar-refractivity contribution in [3.8, 4) is 0 Å². The number of rotatable bonds is 8. The molecule has 0 saturated carbocycles. The number of esters is 1. The Hall–Kier alpha value is -3.34. The van der Waals surface area contributed by atoms with Gasteiger partial charge in [0.15, 0.2) is 6.23 Å². The van der Waals surface area contributed by atoms with Crippen LogP contribution in [-0.2, 0) is 18.7 Å². The van der Waals surface area contributed by atoms with Gasteiger partial charge >= 0.3 is 11.9 Å². The largest absolute Gasteiger partial charge is 0.459 e. The van der Waals surface area contributed by atoms with Crippen LogP contribution in [0, 0.1) is 10.1 Å². The fraction of sp³-hybridized carbons (Fsp3) is 0.385. The molecule has 190 valence electrons. The summed E-state index contributed by atoms with van der Waals surface area (Å²) in [6.45, 7) is 8.03. The molecular weight excluding hydrogens is 478 g/mol. The molecule has 0 spiro atoms. The summed E-state index contributed by atoms with van der Waals surface area (Å²) in [6, 6.07) is 20.4. The zero-order chi connectivity index (χ0) is 25.9. The summed E-state index contributed by atoms with van der Waals surface area (Å²) in [5.41, 5.74) is 0. The molecule has 2 aromatic carbocycles. The molecule has 0 aliphatic carbocycles. The van der Waals surface area contributed by atoms with Crippen LogP contribution in [0.1, 0.15) is 40.3 Å². The molecule has 1 saturated heterocycles. The van der Waals surface area contributed by atoms with E-state index in [-0.39, 0.29) is 24.0 Å². The predicted molar refractivity (Wildman–Crippen MR) is 137 cm³/mol. The zero-order valence-electron chi connectivity index (χ0n) is 20.9. The monoisotopic (exact) mass is 509 g/mol. The van der Waals surface area contributed by atoms with E-state index in [1.165, 1.54) is 23.9 Å². The number of ether oxygens (including phenoxy) is 2. The lowest BCUT2D eigenvalue weighted by molar-refractivity contribution is -0.398. The highest BCUT2D eigenvalue weighted by Crippen LogP contribution is 2.39. The number of aromatic nitrogens is 2. The molecule has 4 rings (SSSR count). The van der Waals surface area contributed by atoms with Gasteiger partial charge in [-0.05, 0) is 20.3 Å². The Kier molecular flexibility index (Phi) is 7.39. The first-order valence-electron chi connectivity index (χ1n) is 11.9. The summed E-state index contributed by atoms with van der Waals surface area (Å²) >= 11 is 0. The summed E-state index contributed by atoms with van der Waals surface area (Å²) in [5, 5.41) is 13.4. The maximum absolute atomic E-state index is 11.9. The van der Waals surface area contributed by atoms with Crippen molar-refractivity contribution in [2.75, 3.05) is 6.61 Å². The minimum Gasteiger partial charge on any atom is -0.459 e. The van der Waals surface area contributed by atoms with Crippen molar-refractivity contribution in [3.63, 3.8) is 0 Å². The van der Waals surface area contributed by atoms with Crippen molar-refractivity contribution in [1.82, 2.24) is 9.55 Å². The number of nitrogens with zero attached hydrogens (tertiary/aromatic N) is 3. The quantitative estimate of drug-likeness (QED) is 0.198. The minimum atomic E-state index is -2.85. The van der Waals surface area contributed by atoms with E-state index in [1.54, 1.807) is 0 Å². The molecule has 2 heterocycles. The summed E-state index contributed by atoms with van der Waals surface area (Å²) in [6.07, 6.45) is 1.18. The van der Waals surface area contributed by atoms with Crippen LogP contribution in [0.3, 0.4) is 0 Å². The third-order valence-corrected chi connectivity index (χ3v) is 11.5. The van der Waals surface area contributed by atoms with Gasteiger partial charge in [-0.25, -0.2) is 4.57 Å². The van der Waals surface area contributed by atoms with Crippen LogP contribution in [0.5, 0.6) is 0 Å². The summed E-state index contributed by atoms with van der Waals surface area (Å²) in [5.74, 6) is -0.769. The highest BCUT2D eigenvalue weighted by Gasteiger charge is 2.52. The maximum atomic E-state index is 11.9. The molecule has 0 bridgehead atoms. The smallest absolute Gasteiger partial charge is 0.436 e. The molecule has 1 aromatic heterocycles. The van der Waals surface area contributed by atoms with Crippen LogP contribution >= 0.6 is 0 Å². The molecule has 10 heteroatoms. The standard InChI is InChI=1S/C26H31N3O6Si/c1-19(30)34-22-17-24(28-16-15-27-25(28)29(31)32)35-23(22)18-33-36(26(2,3)4,20-11-7-5-8-12-20)21-13-9-6-10-14-21/h5-16,22-24H,17-18H2,1-4H3. The lowest BCUT2D eigenvalue weighted by Crippen LogP contribution is -2.67. The number of benzene rings is 2. The van der Waals surface area contributed by atoms with E-state index in [9.17, 15) is 14.9 Å². The number of imidazole rings is 1. The van der Waals surface area contributed by atoms with Gasteiger partial charge in [0.2, 0.25) is 0 Å². The van der Waals surface area contributed by atoms with Crippen LogP contribution in [-0.4, -0.2) is 47.6 Å². The number of hydrogen-bond acceptors (Lipinski definition) is 7. The average Bonchev–Trinajstić information content (AvgIpc) is 3.47. The van der Waals surface area contributed by atoms with Crippen LogP contribution in [0.15, 0.2) is 73.1 Å².